The number of hydrogen-bond donors (Lipinski definition) is 1. The highest BCUT2D eigenvalue weighted by atomic mass is 19.1. The van der Waals surface area contributed by atoms with Gasteiger partial charge in [-0.1, -0.05) is 54.6 Å². The minimum Gasteiger partial charge on any atom is -0.497 e. The van der Waals surface area contributed by atoms with Gasteiger partial charge >= 0.3 is 0 Å². The minimum absolute atomic E-state index is 0.160. The van der Waals surface area contributed by atoms with Crippen LogP contribution in [0.1, 0.15) is 46.0 Å². The number of aromatic nitrogens is 1. The molecule has 1 heterocycles. The van der Waals surface area contributed by atoms with Gasteiger partial charge in [0.25, 0.3) is 5.91 Å². The number of halogens is 1. The Morgan fingerprint density at radius 2 is 1.74 bits per heavy atom. The van der Waals surface area contributed by atoms with Gasteiger partial charge in [0.15, 0.2) is 5.69 Å². The number of hydrogen-bond acceptors (Lipinski definition) is 5. The van der Waals surface area contributed by atoms with E-state index in [2.05, 4.69) is 15.2 Å². The summed E-state index contributed by atoms with van der Waals surface area (Å²) in [6.45, 7) is 3.43. The van der Waals surface area contributed by atoms with Crippen LogP contribution in [0.3, 0.4) is 0 Å². The maximum Gasteiger partial charge on any atom is 0.273 e. The van der Waals surface area contributed by atoms with Gasteiger partial charge in [-0.15, -0.1) is 0 Å². The zero-order chi connectivity index (χ0) is 24.6. The number of nitrogens with one attached hydrogen (secondary N) is 1. The molecule has 0 bridgehead atoms. The molecular weight excluding hydrogens is 445 g/mol. The third kappa shape index (κ3) is 6.77. The summed E-state index contributed by atoms with van der Waals surface area (Å²) < 4.78 is 24.4. The summed E-state index contributed by atoms with van der Waals surface area (Å²) in [5.41, 5.74) is 3.24. The van der Waals surface area contributed by atoms with Gasteiger partial charge in [-0.25, -0.2) is 9.37 Å². The highest BCUT2D eigenvalue weighted by Gasteiger charge is 2.18. The topological polar surface area (TPSA) is 67.6 Å². The van der Waals surface area contributed by atoms with Crippen LogP contribution in [0.5, 0.6) is 5.75 Å². The van der Waals surface area contributed by atoms with Crippen LogP contribution in [-0.4, -0.2) is 22.9 Å². The number of amides is 1. The zero-order valence-electron chi connectivity index (χ0n) is 19.8. The molecule has 1 N–H and O–H groups in total. The fourth-order valence-electron chi connectivity index (χ4n) is 3.82. The summed E-state index contributed by atoms with van der Waals surface area (Å²) in [6.07, 6.45) is 1.38. The third-order valence-electron chi connectivity index (χ3n) is 5.65. The number of rotatable bonds is 10. The van der Waals surface area contributed by atoms with E-state index in [1.807, 2.05) is 61.5 Å². The summed E-state index contributed by atoms with van der Waals surface area (Å²) in [6, 6.07) is 23.8. The quantitative estimate of drug-likeness (QED) is 0.329. The van der Waals surface area contributed by atoms with Crippen LogP contribution in [0, 0.1) is 5.82 Å². The number of oxazole rings is 1. The second-order valence-electron chi connectivity index (χ2n) is 8.36. The van der Waals surface area contributed by atoms with E-state index in [4.69, 9.17) is 9.15 Å². The summed E-state index contributed by atoms with van der Waals surface area (Å²) in [7, 11) is 1.63. The van der Waals surface area contributed by atoms with E-state index in [0.717, 1.165) is 22.4 Å². The molecule has 0 aliphatic heterocycles. The summed E-state index contributed by atoms with van der Waals surface area (Å²) in [5, 5.41) is 2.95. The molecule has 1 atom stereocenters. The average molecular weight is 474 g/mol. The smallest absolute Gasteiger partial charge is 0.273 e. The Morgan fingerprint density at radius 3 is 2.49 bits per heavy atom. The van der Waals surface area contributed by atoms with Crippen molar-refractivity contribution in [2.45, 2.75) is 32.6 Å². The number of carbonyl (C=O) groups excluding carboxylic acids is 1. The van der Waals surface area contributed by atoms with Gasteiger partial charge in [0.1, 0.15) is 17.8 Å². The summed E-state index contributed by atoms with van der Waals surface area (Å²) in [4.78, 5) is 19.3. The molecule has 0 aliphatic carbocycles. The SMILES string of the molecule is COc1cccc(CN(Cc2ccc(F)cc2)Cc2nc(C(=O)NC(C)c3ccccc3)co2)c1. The highest BCUT2D eigenvalue weighted by Crippen LogP contribution is 2.19. The molecule has 1 amide bonds. The van der Waals surface area contributed by atoms with E-state index in [9.17, 15) is 9.18 Å². The predicted molar refractivity (Wildman–Crippen MR) is 131 cm³/mol. The first-order valence-corrected chi connectivity index (χ1v) is 11.4. The molecule has 3 aromatic carbocycles. The molecule has 180 valence electrons. The van der Waals surface area contributed by atoms with Crippen molar-refractivity contribution in [2.24, 2.45) is 0 Å². The first-order valence-electron chi connectivity index (χ1n) is 11.4. The van der Waals surface area contributed by atoms with Gasteiger partial charge in [-0.2, -0.15) is 0 Å². The number of ether oxygens (including phenoxy) is 1. The lowest BCUT2D eigenvalue weighted by Crippen LogP contribution is -2.27. The monoisotopic (exact) mass is 473 g/mol. The van der Waals surface area contributed by atoms with Gasteiger partial charge in [-0.3, -0.25) is 9.69 Å². The van der Waals surface area contributed by atoms with Crippen LogP contribution in [0.4, 0.5) is 4.39 Å². The lowest BCUT2D eigenvalue weighted by atomic mass is 10.1. The number of benzene rings is 3. The Bertz CT molecular complexity index is 1240. The van der Waals surface area contributed by atoms with E-state index in [0.29, 0.717) is 25.5 Å². The Balaban J connectivity index is 1.47. The van der Waals surface area contributed by atoms with Crippen LogP contribution in [0.15, 0.2) is 89.5 Å². The van der Waals surface area contributed by atoms with E-state index in [1.165, 1.54) is 18.4 Å². The van der Waals surface area contributed by atoms with Crippen LogP contribution < -0.4 is 10.1 Å². The van der Waals surface area contributed by atoms with Crippen molar-refractivity contribution in [3.8, 4) is 5.75 Å². The molecule has 1 unspecified atom stereocenters. The van der Waals surface area contributed by atoms with Gasteiger partial charge in [0.05, 0.1) is 19.7 Å². The second-order valence-corrected chi connectivity index (χ2v) is 8.36. The lowest BCUT2D eigenvalue weighted by molar-refractivity contribution is 0.0934. The predicted octanol–water partition coefficient (Wildman–Crippen LogP) is 5.52. The van der Waals surface area contributed by atoms with Gasteiger partial charge < -0.3 is 14.5 Å². The number of methoxy groups -OCH3 is 1. The van der Waals surface area contributed by atoms with Crippen molar-refractivity contribution in [2.75, 3.05) is 7.11 Å². The molecule has 0 aliphatic rings. The van der Waals surface area contributed by atoms with Crippen molar-refractivity contribution in [3.63, 3.8) is 0 Å². The van der Waals surface area contributed by atoms with E-state index >= 15 is 0 Å². The van der Waals surface area contributed by atoms with Gasteiger partial charge in [-0.05, 0) is 47.9 Å². The Kier molecular flexibility index (Phi) is 7.90. The summed E-state index contributed by atoms with van der Waals surface area (Å²) >= 11 is 0. The van der Waals surface area contributed by atoms with E-state index in [-0.39, 0.29) is 23.5 Å². The van der Waals surface area contributed by atoms with Gasteiger partial charge in [0.2, 0.25) is 5.89 Å². The fourth-order valence-corrected chi connectivity index (χ4v) is 3.82. The second kappa shape index (κ2) is 11.4. The number of carbonyl (C=O) groups is 1. The van der Waals surface area contributed by atoms with Crippen LogP contribution in [0.25, 0.3) is 0 Å². The Morgan fingerprint density at radius 1 is 1.00 bits per heavy atom. The maximum absolute atomic E-state index is 13.4. The lowest BCUT2D eigenvalue weighted by Gasteiger charge is -2.21. The highest BCUT2D eigenvalue weighted by molar-refractivity contribution is 5.92. The molecule has 35 heavy (non-hydrogen) atoms. The molecular formula is C28H28FN3O3. The molecule has 0 radical (unpaired) electrons. The number of nitrogens with zero attached hydrogens (tertiary/aromatic N) is 2. The van der Waals surface area contributed by atoms with Crippen LogP contribution >= 0.6 is 0 Å². The zero-order valence-corrected chi connectivity index (χ0v) is 19.8. The largest absolute Gasteiger partial charge is 0.497 e. The normalized spacial score (nSPS) is 11.9. The minimum atomic E-state index is -0.297. The van der Waals surface area contributed by atoms with Crippen molar-refractivity contribution in [3.05, 3.63) is 119 Å². The molecule has 4 rings (SSSR count). The molecule has 1 aromatic heterocycles. The van der Waals surface area contributed by atoms with Crippen molar-refractivity contribution in [1.29, 1.82) is 0 Å². The standard InChI is InChI=1S/C28H28FN3O3/c1-20(23-8-4-3-5-9-23)30-28(33)26-19-35-27(31-26)18-32(16-21-11-13-24(29)14-12-21)17-22-7-6-10-25(15-22)34-2/h3-15,19-20H,16-18H2,1-2H3,(H,30,33). The first kappa shape index (κ1) is 24.2. The van der Waals surface area contributed by atoms with E-state index < -0.39 is 0 Å². The van der Waals surface area contributed by atoms with Crippen molar-refractivity contribution < 1.29 is 18.3 Å². The van der Waals surface area contributed by atoms with Crippen LogP contribution in [-0.2, 0) is 19.6 Å². The Labute approximate surface area is 204 Å². The van der Waals surface area contributed by atoms with Crippen LogP contribution in [0.2, 0.25) is 0 Å². The molecule has 0 saturated carbocycles. The maximum atomic E-state index is 13.4. The van der Waals surface area contributed by atoms with E-state index in [1.54, 1.807) is 19.2 Å². The third-order valence-corrected chi connectivity index (χ3v) is 5.65. The fraction of sp³-hybridized carbons (Fsp3) is 0.214. The molecule has 4 aromatic rings. The molecule has 0 spiro atoms. The average Bonchev–Trinajstić information content (AvgIpc) is 3.34. The Hall–Kier alpha value is -3.97. The molecule has 7 heteroatoms. The molecule has 0 fully saturated rings. The van der Waals surface area contributed by atoms with Crippen molar-refractivity contribution in [1.82, 2.24) is 15.2 Å². The summed E-state index contributed by atoms with van der Waals surface area (Å²) in [5.74, 6) is 0.620. The first-order chi connectivity index (χ1) is 17.0. The molecule has 6 nitrogen and oxygen atoms in total. The van der Waals surface area contributed by atoms with Gasteiger partial charge in [0, 0.05) is 13.1 Å². The molecule has 0 saturated heterocycles. The van der Waals surface area contributed by atoms with Crippen molar-refractivity contribution >= 4 is 5.91 Å².